The van der Waals surface area contributed by atoms with E-state index in [0.717, 1.165) is 30.2 Å². The molecular formula is C12H16BrN3O2. The number of nitrogens with two attached hydrogens (primary N) is 1. The Morgan fingerprint density at radius 3 is 2.78 bits per heavy atom. The molecule has 2 rings (SSSR count). The van der Waals surface area contributed by atoms with E-state index in [0.29, 0.717) is 5.56 Å². The number of nitrogens with zero attached hydrogens (tertiary/aromatic N) is 1. The number of rotatable bonds is 2. The van der Waals surface area contributed by atoms with Crippen LogP contribution in [0.4, 0.5) is 5.82 Å². The van der Waals surface area contributed by atoms with Crippen LogP contribution < -0.4 is 11.1 Å². The Bertz CT molecular complexity index is 445. The number of anilines is 1. The van der Waals surface area contributed by atoms with Crippen LogP contribution in [0.25, 0.3) is 0 Å². The first-order valence-electron chi connectivity index (χ1n) is 5.96. The molecule has 0 aliphatic heterocycles. The lowest BCUT2D eigenvalue weighted by molar-refractivity contribution is 0.0868. The molecule has 1 aromatic rings. The molecule has 1 aliphatic rings. The molecule has 0 saturated heterocycles. The van der Waals surface area contributed by atoms with Crippen LogP contribution >= 0.6 is 15.9 Å². The highest BCUT2D eigenvalue weighted by Gasteiger charge is 2.22. The molecule has 0 spiro atoms. The Hall–Kier alpha value is -1.14. The first-order chi connectivity index (χ1) is 8.56. The van der Waals surface area contributed by atoms with E-state index in [-0.39, 0.29) is 23.9 Å². The van der Waals surface area contributed by atoms with Gasteiger partial charge in [0.15, 0.2) is 0 Å². The SMILES string of the molecule is Nc1ncc(Br)cc1C(=O)N[C@H]1CC[C@@H](O)CC1. The zero-order valence-corrected chi connectivity index (χ0v) is 11.5. The lowest BCUT2D eigenvalue weighted by Gasteiger charge is -2.26. The smallest absolute Gasteiger partial charge is 0.255 e. The summed E-state index contributed by atoms with van der Waals surface area (Å²) in [5.41, 5.74) is 6.07. The summed E-state index contributed by atoms with van der Waals surface area (Å²) in [6, 6.07) is 1.77. The van der Waals surface area contributed by atoms with E-state index in [1.165, 1.54) is 0 Å². The third kappa shape index (κ3) is 3.20. The van der Waals surface area contributed by atoms with E-state index >= 15 is 0 Å². The molecular weight excluding hydrogens is 298 g/mol. The fraction of sp³-hybridized carbons (Fsp3) is 0.500. The van der Waals surface area contributed by atoms with Crippen LogP contribution in [0.2, 0.25) is 0 Å². The number of hydrogen-bond donors (Lipinski definition) is 3. The topological polar surface area (TPSA) is 88.2 Å². The van der Waals surface area contributed by atoms with Crippen molar-refractivity contribution in [3.63, 3.8) is 0 Å². The van der Waals surface area contributed by atoms with Crippen LogP contribution in [-0.2, 0) is 0 Å². The van der Waals surface area contributed by atoms with E-state index in [2.05, 4.69) is 26.2 Å². The van der Waals surface area contributed by atoms with Gasteiger partial charge in [0.1, 0.15) is 5.82 Å². The lowest BCUT2D eigenvalue weighted by Crippen LogP contribution is -2.38. The van der Waals surface area contributed by atoms with Gasteiger partial charge in [-0.3, -0.25) is 4.79 Å². The number of aliphatic hydroxyl groups excluding tert-OH is 1. The average molecular weight is 314 g/mol. The van der Waals surface area contributed by atoms with Crippen LogP contribution in [0.1, 0.15) is 36.0 Å². The van der Waals surface area contributed by atoms with Crippen LogP contribution in [0, 0.1) is 0 Å². The highest BCUT2D eigenvalue weighted by molar-refractivity contribution is 9.10. The predicted octanol–water partition coefficient (Wildman–Crippen LogP) is 1.46. The maximum absolute atomic E-state index is 12.1. The van der Waals surface area contributed by atoms with Gasteiger partial charge in [-0.15, -0.1) is 0 Å². The Balaban J connectivity index is 2.01. The number of nitrogen functional groups attached to an aromatic ring is 1. The van der Waals surface area contributed by atoms with Crippen molar-refractivity contribution >= 4 is 27.7 Å². The monoisotopic (exact) mass is 313 g/mol. The minimum Gasteiger partial charge on any atom is -0.393 e. The van der Waals surface area contributed by atoms with Gasteiger partial charge >= 0.3 is 0 Å². The summed E-state index contributed by atoms with van der Waals surface area (Å²) >= 11 is 3.27. The summed E-state index contributed by atoms with van der Waals surface area (Å²) in [5.74, 6) is 0.0224. The van der Waals surface area contributed by atoms with E-state index in [1.807, 2.05) is 0 Å². The first kappa shape index (κ1) is 13.3. The molecule has 6 heteroatoms. The Kier molecular flexibility index (Phi) is 4.19. The largest absolute Gasteiger partial charge is 0.393 e. The zero-order chi connectivity index (χ0) is 13.1. The van der Waals surface area contributed by atoms with Crippen molar-refractivity contribution in [1.82, 2.24) is 10.3 Å². The van der Waals surface area contributed by atoms with Gasteiger partial charge in [0.05, 0.1) is 11.7 Å². The summed E-state index contributed by atoms with van der Waals surface area (Å²) in [5, 5.41) is 12.3. The van der Waals surface area contributed by atoms with E-state index in [1.54, 1.807) is 12.3 Å². The van der Waals surface area contributed by atoms with E-state index < -0.39 is 0 Å². The number of pyridine rings is 1. The molecule has 0 aromatic carbocycles. The minimum absolute atomic E-state index is 0.110. The highest BCUT2D eigenvalue weighted by Crippen LogP contribution is 2.20. The molecule has 1 amide bonds. The number of hydrogen-bond acceptors (Lipinski definition) is 4. The number of amides is 1. The van der Waals surface area contributed by atoms with Gasteiger partial charge in [-0.1, -0.05) is 0 Å². The second-order valence-corrected chi connectivity index (χ2v) is 5.48. The molecule has 18 heavy (non-hydrogen) atoms. The maximum Gasteiger partial charge on any atom is 0.255 e. The summed E-state index contributed by atoms with van der Waals surface area (Å²) < 4.78 is 0.723. The van der Waals surface area contributed by atoms with Crippen LogP contribution in [0.15, 0.2) is 16.7 Å². The van der Waals surface area contributed by atoms with Gasteiger partial charge in [-0.05, 0) is 47.7 Å². The summed E-state index contributed by atoms with van der Waals surface area (Å²) in [4.78, 5) is 16.0. The second-order valence-electron chi connectivity index (χ2n) is 4.57. The van der Waals surface area contributed by atoms with Gasteiger partial charge < -0.3 is 16.2 Å². The zero-order valence-electron chi connectivity index (χ0n) is 9.90. The molecule has 1 fully saturated rings. The molecule has 98 valence electrons. The van der Waals surface area contributed by atoms with Crippen molar-refractivity contribution in [3.05, 3.63) is 22.3 Å². The highest BCUT2D eigenvalue weighted by atomic mass is 79.9. The van der Waals surface area contributed by atoms with Crippen LogP contribution in [-0.4, -0.2) is 28.1 Å². The van der Waals surface area contributed by atoms with Gasteiger partial charge in [0.2, 0.25) is 0 Å². The van der Waals surface area contributed by atoms with Crippen molar-refractivity contribution in [2.45, 2.75) is 37.8 Å². The van der Waals surface area contributed by atoms with Gasteiger partial charge in [-0.25, -0.2) is 4.98 Å². The maximum atomic E-state index is 12.1. The second kappa shape index (κ2) is 5.67. The molecule has 1 saturated carbocycles. The standard InChI is InChI=1S/C12H16BrN3O2/c13-7-5-10(11(14)15-6-7)12(18)16-8-1-3-9(17)4-2-8/h5-6,8-9,17H,1-4H2,(H2,14,15)(H,16,18)/t8-,9+. The fourth-order valence-corrected chi connectivity index (χ4v) is 2.45. The Labute approximate surface area is 114 Å². The molecule has 1 heterocycles. The Morgan fingerprint density at radius 2 is 2.11 bits per heavy atom. The van der Waals surface area contributed by atoms with Gasteiger partial charge in [0.25, 0.3) is 5.91 Å². The molecule has 0 unspecified atom stereocenters. The van der Waals surface area contributed by atoms with E-state index in [4.69, 9.17) is 5.73 Å². The number of aliphatic hydroxyl groups is 1. The number of carbonyl (C=O) groups excluding carboxylic acids is 1. The van der Waals surface area contributed by atoms with Crippen molar-refractivity contribution in [2.24, 2.45) is 0 Å². The molecule has 0 radical (unpaired) electrons. The van der Waals surface area contributed by atoms with E-state index in [9.17, 15) is 9.90 Å². The van der Waals surface area contributed by atoms with Gasteiger partial charge in [-0.2, -0.15) is 0 Å². The minimum atomic E-state index is -0.226. The molecule has 1 aliphatic carbocycles. The first-order valence-corrected chi connectivity index (χ1v) is 6.75. The summed E-state index contributed by atoms with van der Waals surface area (Å²) in [6.07, 6.45) is 4.40. The molecule has 0 atom stereocenters. The molecule has 1 aromatic heterocycles. The molecule has 4 N–H and O–H groups in total. The van der Waals surface area contributed by atoms with Crippen molar-refractivity contribution in [2.75, 3.05) is 5.73 Å². The van der Waals surface area contributed by atoms with Crippen LogP contribution in [0.5, 0.6) is 0 Å². The molecule has 0 bridgehead atoms. The normalized spacial score (nSPS) is 23.7. The van der Waals surface area contributed by atoms with Crippen LogP contribution in [0.3, 0.4) is 0 Å². The predicted molar refractivity (Wildman–Crippen MR) is 72.1 cm³/mol. The lowest BCUT2D eigenvalue weighted by atomic mass is 9.93. The summed E-state index contributed by atoms with van der Waals surface area (Å²) in [6.45, 7) is 0. The third-order valence-electron chi connectivity index (χ3n) is 3.16. The Morgan fingerprint density at radius 1 is 1.44 bits per heavy atom. The van der Waals surface area contributed by atoms with Gasteiger partial charge in [0, 0.05) is 16.7 Å². The van der Waals surface area contributed by atoms with Crippen molar-refractivity contribution < 1.29 is 9.90 Å². The van der Waals surface area contributed by atoms with Crippen molar-refractivity contribution in [1.29, 1.82) is 0 Å². The molecule has 5 nitrogen and oxygen atoms in total. The number of nitrogens with one attached hydrogen (secondary N) is 1. The van der Waals surface area contributed by atoms with Crippen molar-refractivity contribution in [3.8, 4) is 0 Å². The third-order valence-corrected chi connectivity index (χ3v) is 3.60. The number of carbonyl (C=O) groups is 1. The number of halogens is 1. The number of aromatic nitrogens is 1. The fourth-order valence-electron chi connectivity index (χ4n) is 2.12. The average Bonchev–Trinajstić information content (AvgIpc) is 2.35. The quantitative estimate of drug-likeness (QED) is 0.771. The summed E-state index contributed by atoms with van der Waals surface area (Å²) in [7, 11) is 0.